The number of urea groups is 1. The van der Waals surface area contributed by atoms with Crippen LogP contribution in [0.4, 0.5) is 4.79 Å². The van der Waals surface area contributed by atoms with Crippen molar-refractivity contribution in [2.45, 2.75) is 25.8 Å². The predicted molar refractivity (Wildman–Crippen MR) is 89.8 cm³/mol. The Bertz CT molecular complexity index is 620. The zero-order valence-electron chi connectivity index (χ0n) is 13.3. The van der Waals surface area contributed by atoms with Gasteiger partial charge in [0.25, 0.3) is 5.91 Å². The van der Waals surface area contributed by atoms with Crippen LogP contribution in [0.3, 0.4) is 0 Å². The Kier molecular flexibility index (Phi) is 5.05. The molecule has 8 heteroatoms. The van der Waals surface area contributed by atoms with Crippen LogP contribution in [-0.4, -0.2) is 35.7 Å². The molecule has 0 aliphatic carbocycles. The van der Waals surface area contributed by atoms with E-state index in [1.807, 2.05) is 6.92 Å². The molecule has 1 saturated heterocycles. The average molecular weight is 336 g/mol. The Morgan fingerprint density at radius 2 is 2.00 bits per heavy atom. The number of nitrogens with zero attached hydrogens (tertiary/aromatic N) is 1. The third kappa shape index (κ3) is 3.37. The number of methoxy groups -OCH3 is 1. The highest BCUT2D eigenvalue weighted by molar-refractivity contribution is 7.80. The summed E-state index contributed by atoms with van der Waals surface area (Å²) in [5.41, 5.74) is 2.13. The summed E-state index contributed by atoms with van der Waals surface area (Å²) in [6.07, 6.45) is 0.880. The molecule has 1 heterocycles. The smallest absolute Gasteiger partial charge is 0.344 e. The van der Waals surface area contributed by atoms with Crippen LogP contribution < -0.4 is 20.8 Å². The molecular formula is C15H20N4O3S. The average Bonchev–Trinajstić information content (AvgIpc) is 2.77. The fourth-order valence-corrected chi connectivity index (χ4v) is 2.43. The molecule has 7 nitrogen and oxygen atoms in total. The van der Waals surface area contributed by atoms with Crippen molar-refractivity contribution in [3.63, 3.8) is 0 Å². The minimum atomic E-state index is -1.16. The van der Waals surface area contributed by atoms with Crippen molar-refractivity contribution >= 4 is 29.3 Å². The molecule has 1 atom stereocenters. The van der Waals surface area contributed by atoms with Gasteiger partial charge in [0.1, 0.15) is 11.3 Å². The highest BCUT2D eigenvalue weighted by Gasteiger charge is 2.49. The van der Waals surface area contributed by atoms with E-state index in [2.05, 4.69) is 16.1 Å². The van der Waals surface area contributed by atoms with E-state index < -0.39 is 17.5 Å². The molecule has 1 aliphatic rings. The van der Waals surface area contributed by atoms with Crippen molar-refractivity contribution in [1.82, 2.24) is 21.1 Å². The second kappa shape index (κ2) is 6.82. The number of hydrogen-bond acceptors (Lipinski definition) is 4. The van der Waals surface area contributed by atoms with Crippen LogP contribution in [0.2, 0.25) is 0 Å². The van der Waals surface area contributed by atoms with E-state index in [4.69, 9.17) is 17.0 Å². The molecule has 1 aromatic carbocycles. The molecule has 3 amide bonds. The predicted octanol–water partition coefficient (Wildman–Crippen LogP) is 1.25. The first-order valence-electron chi connectivity index (χ1n) is 7.28. The van der Waals surface area contributed by atoms with E-state index in [0.717, 1.165) is 11.4 Å². The first kappa shape index (κ1) is 17.0. The number of ether oxygens (including phenoxy) is 1. The molecule has 0 aromatic heterocycles. The summed E-state index contributed by atoms with van der Waals surface area (Å²) >= 11 is 5.07. The second-order valence-electron chi connectivity index (χ2n) is 5.29. The van der Waals surface area contributed by atoms with Crippen LogP contribution in [0.5, 0.6) is 5.75 Å². The van der Waals surface area contributed by atoms with Crippen molar-refractivity contribution < 1.29 is 14.3 Å². The molecule has 23 heavy (non-hydrogen) atoms. The first-order chi connectivity index (χ1) is 10.9. The van der Waals surface area contributed by atoms with E-state index in [1.165, 1.54) is 0 Å². The maximum absolute atomic E-state index is 12.7. The van der Waals surface area contributed by atoms with Gasteiger partial charge in [0.2, 0.25) is 0 Å². The van der Waals surface area contributed by atoms with Gasteiger partial charge in [-0.2, -0.15) is 5.01 Å². The monoisotopic (exact) mass is 336 g/mol. The van der Waals surface area contributed by atoms with Crippen molar-refractivity contribution in [3.05, 3.63) is 29.8 Å². The molecule has 2 rings (SSSR count). The fourth-order valence-electron chi connectivity index (χ4n) is 2.24. The number of carbonyl (C=O) groups is 2. The summed E-state index contributed by atoms with van der Waals surface area (Å²) in [7, 11) is 1.56. The molecule has 0 spiro atoms. The highest BCUT2D eigenvalue weighted by Crippen LogP contribution is 2.29. The summed E-state index contributed by atoms with van der Waals surface area (Å²) in [6.45, 7) is 4.30. The molecule has 1 aromatic rings. The summed E-state index contributed by atoms with van der Waals surface area (Å²) in [4.78, 5) is 24.8. The Morgan fingerprint density at radius 3 is 2.57 bits per heavy atom. The van der Waals surface area contributed by atoms with Gasteiger partial charge in [-0.25, -0.2) is 4.79 Å². The van der Waals surface area contributed by atoms with Gasteiger partial charge in [-0.05, 0) is 43.3 Å². The Hall–Kier alpha value is -2.35. The van der Waals surface area contributed by atoms with Gasteiger partial charge >= 0.3 is 6.03 Å². The molecule has 3 N–H and O–H groups in total. The Balaban J connectivity index is 2.16. The lowest BCUT2D eigenvalue weighted by Gasteiger charge is -2.22. The van der Waals surface area contributed by atoms with Crippen LogP contribution in [0.1, 0.15) is 25.8 Å². The fraction of sp³-hybridized carbons (Fsp3) is 0.400. The Morgan fingerprint density at radius 1 is 1.35 bits per heavy atom. The second-order valence-corrected chi connectivity index (χ2v) is 5.70. The van der Waals surface area contributed by atoms with Crippen LogP contribution in [0.15, 0.2) is 24.3 Å². The molecule has 0 saturated carbocycles. The minimum Gasteiger partial charge on any atom is -0.497 e. The normalized spacial score (nSPS) is 20.2. The standard InChI is InChI=1S/C15H20N4O3S/c1-4-9-16-13(23)18-19-12(20)15(2,17-14(19)21)10-5-7-11(22-3)8-6-10/h5-8H,4,9H2,1-3H3,(H,17,21)(H2,16,18,23)/t15-/m1/s1. The van der Waals surface area contributed by atoms with E-state index in [1.54, 1.807) is 38.3 Å². The van der Waals surface area contributed by atoms with Crippen LogP contribution in [0, 0.1) is 0 Å². The molecule has 0 unspecified atom stereocenters. The minimum absolute atomic E-state index is 0.231. The molecule has 0 bridgehead atoms. The third-order valence-electron chi connectivity index (χ3n) is 3.61. The van der Waals surface area contributed by atoms with Crippen LogP contribution in [0.25, 0.3) is 0 Å². The maximum Gasteiger partial charge on any atom is 0.344 e. The number of hydrazine groups is 1. The first-order valence-corrected chi connectivity index (χ1v) is 7.69. The van der Waals surface area contributed by atoms with E-state index >= 15 is 0 Å². The number of benzene rings is 1. The van der Waals surface area contributed by atoms with Crippen LogP contribution in [-0.2, 0) is 10.3 Å². The zero-order chi connectivity index (χ0) is 17.0. The van der Waals surface area contributed by atoms with Gasteiger partial charge < -0.3 is 15.4 Å². The van der Waals surface area contributed by atoms with E-state index in [9.17, 15) is 9.59 Å². The number of hydrogen-bond donors (Lipinski definition) is 3. The summed E-state index contributed by atoms with van der Waals surface area (Å²) in [6, 6.07) is 6.42. The maximum atomic E-state index is 12.7. The molecule has 1 aliphatic heterocycles. The van der Waals surface area contributed by atoms with Crippen molar-refractivity contribution in [2.24, 2.45) is 0 Å². The SMILES string of the molecule is CCCNC(=S)NN1C(=O)N[C@](C)(c2ccc(OC)cc2)C1=O. The van der Waals surface area contributed by atoms with Gasteiger partial charge in [0.15, 0.2) is 5.11 Å². The van der Waals surface area contributed by atoms with Crippen molar-refractivity contribution in [2.75, 3.05) is 13.7 Å². The number of imide groups is 1. The van der Waals surface area contributed by atoms with Gasteiger partial charge in [-0.1, -0.05) is 19.1 Å². The Labute approximate surface area is 140 Å². The van der Waals surface area contributed by atoms with Gasteiger partial charge in [0, 0.05) is 6.54 Å². The zero-order valence-corrected chi connectivity index (χ0v) is 14.1. The molecule has 124 valence electrons. The number of nitrogens with one attached hydrogen (secondary N) is 3. The van der Waals surface area contributed by atoms with Crippen molar-refractivity contribution in [1.29, 1.82) is 0 Å². The number of rotatable bonds is 5. The van der Waals surface area contributed by atoms with Crippen LogP contribution >= 0.6 is 12.2 Å². The van der Waals surface area contributed by atoms with E-state index in [-0.39, 0.29) is 5.11 Å². The number of thiocarbonyl (C=S) groups is 1. The molecular weight excluding hydrogens is 316 g/mol. The van der Waals surface area contributed by atoms with Gasteiger partial charge in [-0.3, -0.25) is 10.2 Å². The lowest BCUT2D eigenvalue weighted by atomic mass is 9.92. The lowest BCUT2D eigenvalue weighted by molar-refractivity contribution is -0.132. The lowest BCUT2D eigenvalue weighted by Crippen LogP contribution is -2.51. The summed E-state index contributed by atoms with van der Waals surface area (Å²) in [5, 5.41) is 6.73. The highest BCUT2D eigenvalue weighted by atomic mass is 32.1. The number of carbonyl (C=O) groups excluding carboxylic acids is 2. The third-order valence-corrected chi connectivity index (χ3v) is 3.84. The topological polar surface area (TPSA) is 82.7 Å². The summed E-state index contributed by atoms with van der Waals surface area (Å²) < 4.78 is 5.10. The molecule has 0 radical (unpaired) electrons. The van der Waals surface area contributed by atoms with Gasteiger partial charge in [0.05, 0.1) is 7.11 Å². The molecule has 1 fully saturated rings. The van der Waals surface area contributed by atoms with Crippen molar-refractivity contribution in [3.8, 4) is 5.75 Å². The van der Waals surface area contributed by atoms with E-state index in [0.29, 0.717) is 17.9 Å². The number of amides is 3. The summed E-state index contributed by atoms with van der Waals surface area (Å²) in [5.74, 6) is 0.252. The quantitative estimate of drug-likeness (QED) is 0.555. The van der Waals surface area contributed by atoms with Gasteiger partial charge in [-0.15, -0.1) is 0 Å². The largest absolute Gasteiger partial charge is 0.497 e.